The van der Waals surface area contributed by atoms with E-state index in [9.17, 15) is 0 Å². The summed E-state index contributed by atoms with van der Waals surface area (Å²) in [6.07, 6.45) is 3.63. The minimum atomic E-state index is 0.222. The Morgan fingerprint density at radius 3 is 2.89 bits per heavy atom. The van der Waals surface area contributed by atoms with Crippen LogP contribution in [0.2, 0.25) is 5.02 Å². The summed E-state index contributed by atoms with van der Waals surface area (Å²) in [4.78, 5) is 8.14. The average molecular weight is 272 g/mol. The van der Waals surface area contributed by atoms with Crippen LogP contribution in [0.25, 0.3) is 0 Å². The van der Waals surface area contributed by atoms with Gasteiger partial charge in [0.05, 0.1) is 13.3 Å². The van der Waals surface area contributed by atoms with Crippen LogP contribution < -0.4 is 10.1 Å². The van der Waals surface area contributed by atoms with Crippen LogP contribution in [0.3, 0.4) is 0 Å². The van der Waals surface area contributed by atoms with Crippen molar-refractivity contribution in [1.82, 2.24) is 9.97 Å². The summed E-state index contributed by atoms with van der Waals surface area (Å²) >= 11 is 6.05. The molecule has 0 saturated carbocycles. The predicted octanol–water partition coefficient (Wildman–Crippen LogP) is 2.37. The van der Waals surface area contributed by atoms with Gasteiger partial charge in [0.15, 0.2) is 5.82 Å². The van der Waals surface area contributed by atoms with Gasteiger partial charge in [0.2, 0.25) is 0 Å². The summed E-state index contributed by atoms with van der Waals surface area (Å²) in [6.45, 7) is 4.70. The van der Waals surface area contributed by atoms with Crippen molar-refractivity contribution in [1.29, 1.82) is 0 Å². The van der Waals surface area contributed by atoms with E-state index in [1.54, 1.807) is 6.20 Å². The predicted molar refractivity (Wildman–Crippen MR) is 70.2 cm³/mol. The molecule has 6 heteroatoms. The molecule has 18 heavy (non-hydrogen) atoms. The van der Waals surface area contributed by atoms with Crippen molar-refractivity contribution in [3.05, 3.63) is 11.2 Å². The Kier molecular flexibility index (Phi) is 4.24. The third kappa shape index (κ3) is 3.23. The van der Waals surface area contributed by atoms with Crippen molar-refractivity contribution in [3.8, 4) is 6.01 Å². The van der Waals surface area contributed by atoms with Crippen LogP contribution in [0.1, 0.15) is 19.8 Å². The number of hydrogen-bond acceptors (Lipinski definition) is 5. The Labute approximate surface area is 112 Å². The summed E-state index contributed by atoms with van der Waals surface area (Å²) in [5.41, 5.74) is 0.222. The molecule has 1 N–H and O–H groups in total. The zero-order chi connectivity index (χ0) is 13.0. The van der Waals surface area contributed by atoms with E-state index in [-0.39, 0.29) is 5.41 Å². The van der Waals surface area contributed by atoms with Gasteiger partial charge in [0.1, 0.15) is 5.02 Å². The van der Waals surface area contributed by atoms with Crippen LogP contribution in [0, 0.1) is 5.41 Å². The fourth-order valence-electron chi connectivity index (χ4n) is 1.91. The van der Waals surface area contributed by atoms with Gasteiger partial charge in [-0.15, -0.1) is 0 Å². The smallest absolute Gasteiger partial charge is 0.318 e. The highest BCUT2D eigenvalue weighted by molar-refractivity contribution is 6.32. The van der Waals surface area contributed by atoms with E-state index in [0.717, 1.165) is 32.6 Å². The Bertz CT molecular complexity index is 408. The van der Waals surface area contributed by atoms with Crippen molar-refractivity contribution in [3.63, 3.8) is 0 Å². The molecule has 5 nitrogen and oxygen atoms in total. The van der Waals surface area contributed by atoms with Crippen LogP contribution >= 0.6 is 11.6 Å². The maximum atomic E-state index is 6.05. The number of anilines is 1. The Morgan fingerprint density at radius 1 is 1.50 bits per heavy atom. The number of methoxy groups -OCH3 is 1. The lowest BCUT2D eigenvalue weighted by molar-refractivity contribution is 0.0299. The van der Waals surface area contributed by atoms with E-state index in [0.29, 0.717) is 16.9 Å². The molecule has 1 aliphatic rings. The fourth-order valence-corrected chi connectivity index (χ4v) is 2.07. The minimum absolute atomic E-state index is 0.222. The van der Waals surface area contributed by atoms with E-state index in [4.69, 9.17) is 21.1 Å². The summed E-state index contributed by atoms with van der Waals surface area (Å²) in [7, 11) is 1.53. The number of hydrogen-bond donors (Lipinski definition) is 1. The normalized spacial score (nSPS) is 18.4. The Hall–Kier alpha value is -1.07. The third-order valence-electron chi connectivity index (χ3n) is 3.29. The monoisotopic (exact) mass is 271 g/mol. The van der Waals surface area contributed by atoms with Crippen molar-refractivity contribution >= 4 is 17.4 Å². The molecule has 0 aliphatic carbocycles. The van der Waals surface area contributed by atoms with E-state index in [1.807, 2.05) is 0 Å². The van der Waals surface area contributed by atoms with Crippen LogP contribution in [-0.2, 0) is 4.74 Å². The molecular weight excluding hydrogens is 254 g/mol. The first-order valence-electron chi connectivity index (χ1n) is 6.01. The minimum Gasteiger partial charge on any atom is -0.467 e. The van der Waals surface area contributed by atoms with Crippen molar-refractivity contribution in [2.24, 2.45) is 5.41 Å². The zero-order valence-corrected chi connectivity index (χ0v) is 11.5. The molecule has 100 valence electrons. The van der Waals surface area contributed by atoms with Gasteiger partial charge < -0.3 is 14.8 Å². The van der Waals surface area contributed by atoms with E-state index >= 15 is 0 Å². The quantitative estimate of drug-likeness (QED) is 0.911. The molecule has 1 aromatic rings. The lowest BCUT2D eigenvalue weighted by Crippen LogP contribution is -2.33. The highest BCUT2D eigenvalue weighted by Crippen LogP contribution is 2.30. The molecule has 1 aliphatic heterocycles. The topological polar surface area (TPSA) is 56.3 Å². The van der Waals surface area contributed by atoms with Gasteiger partial charge in [0.25, 0.3) is 0 Å². The van der Waals surface area contributed by atoms with Crippen LogP contribution in [-0.4, -0.2) is 36.8 Å². The molecule has 0 radical (unpaired) electrons. The van der Waals surface area contributed by atoms with Crippen molar-refractivity contribution in [2.45, 2.75) is 19.8 Å². The first-order chi connectivity index (χ1) is 8.63. The molecule has 1 fully saturated rings. The molecule has 1 aromatic heterocycles. The number of nitrogens with one attached hydrogen (secondary N) is 1. The van der Waals surface area contributed by atoms with Gasteiger partial charge in [0, 0.05) is 19.8 Å². The highest BCUT2D eigenvalue weighted by atomic mass is 35.5. The van der Waals surface area contributed by atoms with Gasteiger partial charge in [-0.05, 0) is 18.3 Å². The standard InChI is InChI=1S/C12H18ClN3O2/c1-12(3-5-18-6-4-12)8-15-10-9(13)7-14-11(16-10)17-2/h7H,3-6,8H2,1-2H3,(H,14,15,16). The molecule has 0 bridgehead atoms. The number of nitrogens with zero attached hydrogens (tertiary/aromatic N) is 2. The molecule has 2 rings (SSSR count). The molecule has 2 heterocycles. The van der Waals surface area contributed by atoms with Crippen LogP contribution in [0.5, 0.6) is 6.01 Å². The summed E-state index contributed by atoms with van der Waals surface area (Å²) in [5, 5.41) is 3.79. The van der Waals surface area contributed by atoms with E-state index < -0.39 is 0 Å². The maximum Gasteiger partial charge on any atom is 0.318 e. The Balaban J connectivity index is 2.00. The SMILES string of the molecule is COc1ncc(Cl)c(NCC2(C)CCOCC2)n1. The van der Waals surface area contributed by atoms with Gasteiger partial charge >= 0.3 is 6.01 Å². The lowest BCUT2D eigenvalue weighted by atomic mass is 9.82. The summed E-state index contributed by atoms with van der Waals surface area (Å²) in [5.74, 6) is 0.622. The molecule has 0 amide bonds. The van der Waals surface area contributed by atoms with Crippen LogP contribution in [0.4, 0.5) is 5.82 Å². The molecule has 1 saturated heterocycles. The second-order valence-corrected chi connectivity index (χ2v) is 5.24. The van der Waals surface area contributed by atoms with E-state index in [2.05, 4.69) is 22.2 Å². The second-order valence-electron chi connectivity index (χ2n) is 4.83. The van der Waals surface area contributed by atoms with Gasteiger partial charge in [-0.1, -0.05) is 18.5 Å². The van der Waals surface area contributed by atoms with Gasteiger partial charge in [-0.25, -0.2) is 4.98 Å². The van der Waals surface area contributed by atoms with Crippen molar-refractivity contribution in [2.75, 3.05) is 32.2 Å². The van der Waals surface area contributed by atoms with Crippen LogP contribution in [0.15, 0.2) is 6.20 Å². The number of halogens is 1. The Morgan fingerprint density at radius 2 is 2.22 bits per heavy atom. The average Bonchev–Trinajstić information content (AvgIpc) is 2.39. The summed E-state index contributed by atoms with van der Waals surface area (Å²) < 4.78 is 10.4. The lowest BCUT2D eigenvalue weighted by Gasteiger charge is -2.33. The molecule has 0 atom stereocenters. The number of aromatic nitrogens is 2. The number of rotatable bonds is 4. The molecule has 0 unspecified atom stereocenters. The number of ether oxygens (including phenoxy) is 2. The first kappa shape index (κ1) is 13.4. The van der Waals surface area contributed by atoms with Crippen molar-refractivity contribution < 1.29 is 9.47 Å². The third-order valence-corrected chi connectivity index (χ3v) is 3.56. The summed E-state index contributed by atoms with van der Waals surface area (Å²) in [6, 6.07) is 0.319. The first-order valence-corrected chi connectivity index (χ1v) is 6.39. The highest BCUT2D eigenvalue weighted by Gasteiger charge is 2.27. The van der Waals surface area contributed by atoms with E-state index in [1.165, 1.54) is 7.11 Å². The fraction of sp³-hybridized carbons (Fsp3) is 0.667. The maximum absolute atomic E-state index is 6.05. The zero-order valence-electron chi connectivity index (χ0n) is 10.7. The molecule has 0 spiro atoms. The largest absolute Gasteiger partial charge is 0.467 e. The van der Waals surface area contributed by atoms with Gasteiger partial charge in [-0.2, -0.15) is 4.98 Å². The molecular formula is C12H18ClN3O2. The van der Waals surface area contributed by atoms with Gasteiger partial charge in [-0.3, -0.25) is 0 Å². The second kappa shape index (κ2) is 5.71. The molecule has 0 aromatic carbocycles.